The molecule has 4 saturated carbocycles. The minimum atomic E-state index is -0.515. The number of rotatable bonds is 8. The first-order valence-corrected chi connectivity index (χ1v) is 11.6. The van der Waals surface area contributed by atoms with Gasteiger partial charge in [0.1, 0.15) is 5.56 Å². The van der Waals surface area contributed by atoms with Crippen LogP contribution in [0.2, 0.25) is 0 Å². The summed E-state index contributed by atoms with van der Waals surface area (Å²) in [5.74, 6) is 1.87. The van der Waals surface area contributed by atoms with Gasteiger partial charge in [0.25, 0.3) is 5.91 Å². The summed E-state index contributed by atoms with van der Waals surface area (Å²) in [7, 11) is 0. The van der Waals surface area contributed by atoms with Gasteiger partial charge in [-0.15, -0.1) is 0 Å². The van der Waals surface area contributed by atoms with E-state index in [9.17, 15) is 15.0 Å². The average molecular weight is 432 g/mol. The lowest BCUT2D eigenvalue weighted by Crippen LogP contribution is -2.61. The van der Waals surface area contributed by atoms with Gasteiger partial charge < -0.3 is 20.3 Å². The van der Waals surface area contributed by atoms with Gasteiger partial charge in [0, 0.05) is 17.7 Å². The van der Waals surface area contributed by atoms with Crippen LogP contribution in [-0.4, -0.2) is 50.8 Å². The predicted molar refractivity (Wildman–Crippen MR) is 119 cm³/mol. The molecule has 172 valence electrons. The molecule has 0 spiro atoms. The molecule has 3 N–H and O–H groups in total. The molecule has 4 bridgehead atoms. The number of carbonyl (C=O) groups is 1. The first-order valence-electron chi connectivity index (χ1n) is 11.6. The van der Waals surface area contributed by atoms with Gasteiger partial charge in [0.15, 0.2) is 0 Å². The smallest absolute Gasteiger partial charge is 0.258 e. The number of amides is 1. The van der Waals surface area contributed by atoms with E-state index in [2.05, 4.69) is 24.3 Å². The van der Waals surface area contributed by atoms with Crippen LogP contribution in [0, 0.1) is 29.1 Å². The van der Waals surface area contributed by atoms with Crippen molar-refractivity contribution in [2.75, 3.05) is 13.2 Å². The van der Waals surface area contributed by atoms with Gasteiger partial charge in [-0.3, -0.25) is 4.79 Å². The van der Waals surface area contributed by atoms with E-state index in [1.807, 2.05) is 19.9 Å². The Labute approximate surface area is 184 Å². The highest BCUT2D eigenvalue weighted by Crippen LogP contribution is 2.55. The maximum atomic E-state index is 13.3. The number of aromatic nitrogens is 2. The zero-order chi connectivity index (χ0) is 22.4. The maximum absolute atomic E-state index is 13.3. The molecule has 4 aliphatic carbocycles. The molecule has 1 amide bonds. The van der Waals surface area contributed by atoms with Crippen molar-refractivity contribution < 1.29 is 19.7 Å². The predicted octanol–water partition coefficient (Wildman–Crippen LogP) is 3.08. The molecule has 1 heterocycles. The highest BCUT2D eigenvalue weighted by molar-refractivity contribution is 5.96. The fourth-order valence-electron chi connectivity index (χ4n) is 5.77. The van der Waals surface area contributed by atoms with Crippen molar-refractivity contribution in [3.63, 3.8) is 0 Å². The molecule has 0 aromatic carbocycles. The number of hydrogen-bond donors (Lipinski definition) is 3. The number of aliphatic hydroxyl groups is 2. The lowest BCUT2D eigenvalue weighted by atomic mass is 9.52. The van der Waals surface area contributed by atoms with Crippen LogP contribution in [-0.2, 0) is 0 Å². The van der Waals surface area contributed by atoms with Gasteiger partial charge in [0.2, 0.25) is 5.88 Å². The van der Waals surface area contributed by atoms with Gasteiger partial charge in [0.05, 0.1) is 25.0 Å². The fraction of sp³-hybridized carbons (Fsp3) is 0.750. The van der Waals surface area contributed by atoms with Gasteiger partial charge in [-0.05, 0) is 55.8 Å². The van der Waals surface area contributed by atoms with E-state index in [1.54, 1.807) is 17.1 Å². The number of aliphatic hydroxyl groups excluding tert-OH is 1. The SMILES string of the molecule is CC(C)COc1c(C(=O)N[C@H]2C3CC4CC2C[C@](O)(C4)C3)cnn1/C=C/C(C)(C)CO. The van der Waals surface area contributed by atoms with Crippen molar-refractivity contribution in [1.29, 1.82) is 0 Å². The molecule has 5 rings (SSSR count). The minimum absolute atomic E-state index is 0.0120. The van der Waals surface area contributed by atoms with Crippen molar-refractivity contribution in [1.82, 2.24) is 15.1 Å². The molecule has 1 aromatic heterocycles. The lowest BCUT2D eigenvalue weighted by molar-refractivity contribution is -0.136. The third kappa shape index (κ3) is 4.67. The fourth-order valence-corrected chi connectivity index (χ4v) is 5.77. The molecule has 2 unspecified atom stereocenters. The van der Waals surface area contributed by atoms with Crippen LogP contribution < -0.4 is 10.1 Å². The molecule has 0 aliphatic heterocycles. The number of nitrogens with zero attached hydrogens (tertiary/aromatic N) is 2. The van der Waals surface area contributed by atoms with Gasteiger partial charge >= 0.3 is 0 Å². The van der Waals surface area contributed by atoms with Crippen molar-refractivity contribution in [3.05, 3.63) is 17.8 Å². The van der Waals surface area contributed by atoms with Crippen molar-refractivity contribution >= 4 is 12.1 Å². The molecule has 0 saturated heterocycles. The number of hydrogen-bond acceptors (Lipinski definition) is 5. The molecule has 7 heteroatoms. The number of carbonyl (C=O) groups excluding carboxylic acids is 1. The summed E-state index contributed by atoms with van der Waals surface area (Å²) < 4.78 is 7.58. The summed E-state index contributed by atoms with van der Waals surface area (Å²) >= 11 is 0. The van der Waals surface area contributed by atoms with Crippen LogP contribution in [0.3, 0.4) is 0 Å². The van der Waals surface area contributed by atoms with E-state index in [-0.39, 0.29) is 18.6 Å². The Bertz CT molecular complexity index is 828. The zero-order valence-electron chi connectivity index (χ0n) is 19.2. The van der Waals surface area contributed by atoms with Gasteiger partial charge in [-0.2, -0.15) is 5.10 Å². The van der Waals surface area contributed by atoms with E-state index in [0.717, 1.165) is 32.1 Å². The molecular formula is C24H37N3O4. The first-order chi connectivity index (χ1) is 14.6. The quantitative estimate of drug-likeness (QED) is 0.588. The summed E-state index contributed by atoms with van der Waals surface area (Å²) in [4.78, 5) is 13.3. The second kappa shape index (κ2) is 8.24. The van der Waals surface area contributed by atoms with Crippen LogP contribution in [0.25, 0.3) is 6.20 Å². The van der Waals surface area contributed by atoms with Crippen LogP contribution in [0.15, 0.2) is 12.3 Å². The number of ether oxygens (including phenoxy) is 1. The second-order valence-electron chi connectivity index (χ2n) is 11.2. The Kier molecular flexibility index (Phi) is 5.94. The molecule has 31 heavy (non-hydrogen) atoms. The van der Waals surface area contributed by atoms with E-state index in [1.165, 1.54) is 0 Å². The van der Waals surface area contributed by atoms with Crippen molar-refractivity contribution in [2.45, 2.75) is 71.4 Å². The largest absolute Gasteiger partial charge is 0.477 e. The Morgan fingerprint density at radius 2 is 2.03 bits per heavy atom. The van der Waals surface area contributed by atoms with Crippen molar-refractivity contribution in [3.8, 4) is 5.88 Å². The molecule has 0 radical (unpaired) electrons. The highest BCUT2D eigenvalue weighted by atomic mass is 16.5. The lowest BCUT2D eigenvalue weighted by Gasteiger charge is -2.58. The van der Waals surface area contributed by atoms with Gasteiger partial charge in [-0.1, -0.05) is 33.8 Å². The molecule has 7 nitrogen and oxygen atoms in total. The Balaban J connectivity index is 1.53. The molecule has 4 fully saturated rings. The van der Waals surface area contributed by atoms with E-state index < -0.39 is 11.0 Å². The Hall–Kier alpha value is -1.86. The van der Waals surface area contributed by atoms with Crippen LogP contribution >= 0.6 is 0 Å². The topological polar surface area (TPSA) is 96.6 Å². The third-order valence-electron chi connectivity index (χ3n) is 7.16. The Morgan fingerprint density at radius 3 is 2.61 bits per heavy atom. The summed E-state index contributed by atoms with van der Waals surface area (Å²) in [5, 5.41) is 28.0. The van der Waals surface area contributed by atoms with Crippen LogP contribution in [0.5, 0.6) is 5.88 Å². The maximum Gasteiger partial charge on any atom is 0.258 e. The van der Waals surface area contributed by atoms with E-state index in [0.29, 0.717) is 41.7 Å². The standard InChI is InChI=1S/C24H37N3O4/c1-15(2)13-31-22-19(12-25-27(22)6-5-23(3,4)14-28)21(29)26-20-17-7-16-8-18(20)11-24(30,9-16)10-17/h5-6,12,15-18,20,28,30H,7-11,13-14H2,1-4H3,(H,26,29)/b6-5+/t16?,17?,18?,20-,24-. The molecule has 2 atom stereocenters. The Morgan fingerprint density at radius 1 is 1.35 bits per heavy atom. The molecule has 1 aromatic rings. The third-order valence-corrected chi connectivity index (χ3v) is 7.16. The molecular weight excluding hydrogens is 394 g/mol. The monoisotopic (exact) mass is 431 g/mol. The number of nitrogens with one attached hydrogen (secondary N) is 1. The highest BCUT2D eigenvalue weighted by Gasteiger charge is 2.55. The molecule has 4 aliphatic rings. The summed E-state index contributed by atoms with van der Waals surface area (Å²) in [5.41, 5.74) is -0.484. The second-order valence-corrected chi connectivity index (χ2v) is 11.2. The minimum Gasteiger partial charge on any atom is -0.477 e. The van der Waals surface area contributed by atoms with Crippen LogP contribution in [0.4, 0.5) is 0 Å². The van der Waals surface area contributed by atoms with Crippen LogP contribution in [0.1, 0.15) is 70.2 Å². The summed E-state index contributed by atoms with van der Waals surface area (Å²) in [6, 6.07) is 0.106. The van der Waals surface area contributed by atoms with Crippen molar-refractivity contribution in [2.24, 2.45) is 29.1 Å². The van der Waals surface area contributed by atoms with E-state index in [4.69, 9.17) is 4.74 Å². The van der Waals surface area contributed by atoms with Gasteiger partial charge in [-0.25, -0.2) is 4.68 Å². The average Bonchev–Trinajstić information content (AvgIpc) is 3.09. The summed E-state index contributed by atoms with van der Waals surface area (Å²) in [6.07, 6.45) is 9.88. The first kappa shape index (κ1) is 22.3. The zero-order valence-corrected chi connectivity index (χ0v) is 19.2. The normalized spacial score (nSPS) is 32.2. The van der Waals surface area contributed by atoms with E-state index >= 15 is 0 Å². The summed E-state index contributed by atoms with van der Waals surface area (Å²) in [6.45, 7) is 8.46.